The van der Waals surface area contributed by atoms with Crippen LogP contribution in [0.15, 0.2) is 24.3 Å². The first kappa shape index (κ1) is 15.0. The van der Waals surface area contributed by atoms with Crippen LogP contribution in [0.4, 0.5) is 5.69 Å². The Balaban J connectivity index is 1.98. The van der Waals surface area contributed by atoms with Crippen molar-refractivity contribution in [2.24, 2.45) is 0 Å². The molecule has 1 heterocycles. The number of ether oxygens (including phenoxy) is 1. The zero-order valence-corrected chi connectivity index (χ0v) is 11.9. The highest BCUT2D eigenvalue weighted by atomic mass is 16.5. The number of nitrogens with one attached hydrogen (secondary N) is 1. The van der Waals surface area contributed by atoms with Gasteiger partial charge in [0.2, 0.25) is 5.91 Å². The summed E-state index contributed by atoms with van der Waals surface area (Å²) < 4.78 is 4.50. The molecule has 0 aromatic heterocycles. The third kappa shape index (κ3) is 3.81. The van der Waals surface area contributed by atoms with E-state index in [0.29, 0.717) is 18.5 Å². The van der Waals surface area contributed by atoms with E-state index in [0.717, 1.165) is 12.1 Å². The molecule has 1 aliphatic heterocycles. The SMILES string of the molecule is COC(=O)CCNC(=O)c1cccc(N2CCCC2=O)c1. The summed E-state index contributed by atoms with van der Waals surface area (Å²) in [6.45, 7) is 0.907. The van der Waals surface area contributed by atoms with Gasteiger partial charge in [0.05, 0.1) is 13.5 Å². The monoisotopic (exact) mass is 290 g/mol. The average Bonchev–Trinajstić information content (AvgIpc) is 2.93. The van der Waals surface area contributed by atoms with Crippen molar-refractivity contribution < 1.29 is 19.1 Å². The van der Waals surface area contributed by atoms with Crippen LogP contribution in [-0.4, -0.2) is 38.0 Å². The van der Waals surface area contributed by atoms with Gasteiger partial charge < -0.3 is 15.0 Å². The van der Waals surface area contributed by atoms with Crippen molar-refractivity contribution in [1.82, 2.24) is 5.32 Å². The van der Waals surface area contributed by atoms with Crippen LogP contribution in [0.25, 0.3) is 0 Å². The van der Waals surface area contributed by atoms with Crippen LogP contribution in [0.3, 0.4) is 0 Å². The van der Waals surface area contributed by atoms with Crippen LogP contribution >= 0.6 is 0 Å². The first-order chi connectivity index (χ1) is 10.1. The van der Waals surface area contributed by atoms with Crippen molar-refractivity contribution in [1.29, 1.82) is 0 Å². The molecule has 0 radical (unpaired) electrons. The molecule has 1 aromatic carbocycles. The van der Waals surface area contributed by atoms with Gasteiger partial charge in [-0.2, -0.15) is 0 Å². The van der Waals surface area contributed by atoms with E-state index in [1.807, 2.05) is 6.07 Å². The first-order valence-corrected chi connectivity index (χ1v) is 6.87. The zero-order valence-electron chi connectivity index (χ0n) is 11.9. The maximum Gasteiger partial charge on any atom is 0.307 e. The Bertz CT molecular complexity index is 556. The van der Waals surface area contributed by atoms with E-state index in [-0.39, 0.29) is 30.7 Å². The van der Waals surface area contributed by atoms with Crippen molar-refractivity contribution in [2.75, 3.05) is 25.1 Å². The van der Waals surface area contributed by atoms with E-state index in [1.165, 1.54) is 7.11 Å². The highest BCUT2D eigenvalue weighted by Crippen LogP contribution is 2.22. The Hall–Kier alpha value is -2.37. The molecule has 0 saturated carbocycles. The lowest BCUT2D eigenvalue weighted by Gasteiger charge is -2.16. The van der Waals surface area contributed by atoms with E-state index < -0.39 is 0 Å². The van der Waals surface area contributed by atoms with Crippen LogP contribution in [0.1, 0.15) is 29.6 Å². The highest BCUT2D eigenvalue weighted by Gasteiger charge is 2.22. The second kappa shape index (κ2) is 6.88. The standard InChI is InChI=1S/C15H18N2O4/c1-21-14(19)7-8-16-15(20)11-4-2-5-12(10-11)17-9-3-6-13(17)18/h2,4-5,10H,3,6-9H2,1H3,(H,16,20). The molecule has 112 valence electrons. The van der Waals surface area contributed by atoms with Gasteiger partial charge in [-0.05, 0) is 24.6 Å². The van der Waals surface area contributed by atoms with Gasteiger partial charge in [0, 0.05) is 30.8 Å². The summed E-state index contributed by atoms with van der Waals surface area (Å²) in [6, 6.07) is 6.93. The lowest BCUT2D eigenvalue weighted by Crippen LogP contribution is -2.27. The minimum Gasteiger partial charge on any atom is -0.469 e. The number of esters is 1. The van der Waals surface area contributed by atoms with Crippen LogP contribution in [0.5, 0.6) is 0 Å². The summed E-state index contributed by atoms with van der Waals surface area (Å²) in [6.07, 6.45) is 1.52. The smallest absolute Gasteiger partial charge is 0.307 e. The fourth-order valence-electron chi connectivity index (χ4n) is 2.22. The molecule has 21 heavy (non-hydrogen) atoms. The number of carbonyl (C=O) groups excluding carboxylic acids is 3. The van der Waals surface area contributed by atoms with Crippen LogP contribution in [0, 0.1) is 0 Å². The number of carbonyl (C=O) groups is 3. The molecule has 2 rings (SSSR count). The summed E-state index contributed by atoms with van der Waals surface area (Å²) in [7, 11) is 1.31. The summed E-state index contributed by atoms with van der Waals surface area (Å²) in [5.74, 6) is -0.558. The van der Waals surface area contributed by atoms with Crippen molar-refractivity contribution in [3.05, 3.63) is 29.8 Å². The fourth-order valence-corrected chi connectivity index (χ4v) is 2.22. The first-order valence-electron chi connectivity index (χ1n) is 6.87. The van der Waals surface area contributed by atoms with Gasteiger partial charge in [-0.3, -0.25) is 14.4 Å². The lowest BCUT2D eigenvalue weighted by atomic mass is 10.1. The highest BCUT2D eigenvalue weighted by molar-refractivity contribution is 5.99. The minimum atomic E-state index is -0.369. The third-order valence-corrected chi connectivity index (χ3v) is 3.34. The number of rotatable bonds is 5. The molecule has 1 aliphatic rings. The predicted octanol–water partition coefficient (Wildman–Crippen LogP) is 1.11. The van der Waals surface area contributed by atoms with Gasteiger partial charge in [-0.15, -0.1) is 0 Å². The molecule has 1 saturated heterocycles. The number of anilines is 1. The Kier molecular flexibility index (Phi) is 4.92. The number of hydrogen-bond acceptors (Lipinski definition) is 4. The molecular weight excluding hydrogens is 272 g/mol. The number of methoxy groups -OCH3 is 1. The van der Waals surface area contributed by atoms with Gasteiger partial charge >= 0.3 is 5.97 Å². The predicted molar refractivity (Wildman–Crippen MR) is 77.0 cm³/mol. The quantitative estimate of drug-likeness (QED) is 0.824. The summed E-state index contributed by atoms with van der Waals surface area (Å²) in [5, 5.41) is 2.65. The molecular formula is C15H18N2O4. The van der Waals surface area contributed by atoms with Gasteiger partial charge in [-0.25, -0.2) is 0 Å². The van der Waals surface area contributed by atoms with Gasteiger partial charge in [0.25, 0.3) is 5.91 Å². The van der Waals surface area contributed by atoms with E-state index in [2.05, 4.69) is 10.1 Å². The Morgan fingerprint density at radius 3 is 2.86 bits per heavy atom. The van der Waals surface area contributed by atoms with Crippen molar-refractivity contribution in [3.8, 4) is 0 Å². The van der Waals surface area contributed by atoms with Crippen molar-refractivity contribution in [2.45, 2.75) is 19.3 Å². The Morgan fingerprint density at radius 2 is 2.19 bits per heavy atom. The zero-order chi connectivity index (χ0) is 15.2. The fraction of sp³-hybridized carbons (Fsp3) is 0.400. The largest absolute Gasteiger partial charge is 0.469 e. The molecule has 0 aliphatic carbocycles. The summed E-state index contributed by atoms with van der Waals surface area (Å²) in [5.41, 5.74) is 1.20. The second-order valence-corrected chi connectivity index (χ2v) is 4.78. The molecule has 6 heteroatoms. The van der Waals surface area contributed by atoms with Gasteiger partial charge in [-0.1, -0.05) is 6.07 Å². The van der Waals surface area contributed by atoms with Gasteiger partial charge in [0.15, 0.2) is 0 Å². The summed E-state index contributed by atoms with van der Waals surface area (Å²) in [4.78, 5) is 36.4. The summed E-state index contributed by atoms with van der Waals surface area (Å²) >= 11 is 0. The minimum absolute atomic E-state index is 0.0817. The molecule has 0 bridgehead atoms. The van der Waals surface area contributed by atoms with E-state index in [4.69, 9.17) is 0 Å². The van der Waals surface area contributed by atoms with E-state index >= 15 is 0 Å². The van der Waals surface area contributed by atoms with E-state index in [1.54, 1.807) is 23.1 Å². The molecule has 0 atom stereocenters. The van der Waals surface area contributed by atoms with Crippen LogP contribution in [-0.2, 0) is 14.3 Å². The van der Waals surface area contributed by atoms with Crippen molar-refractivity contribution in [3.63, 3.8) is 0 Å². The maximum absolute atomic E-state index is 12.0. The van der Waals surface area contributed by atoms with E-state index in [9.17, 15) is 14.4 Å². The topological polar surface area (TPSA) is 75.7 Å². The van der Waals surface area contributed by atoms with Crippen molar-refractivity contribution >= 4 is 23.5 Å². The average molecular weight is 290 g/mol. The van der Waals surface area contributed by atoms with Crippen LogP contribution < -0.4 is 10.2 Å². The molecule has 1 fully saturated rings. The van der Waals surface area contributed by atoms with Crippen LogP contribution in [0.2, 0.25) is 0 Å². The molecule has 1 N–H and O–H groups in total. The number of amides is 2. The second-order valence-electron chi connectivity index (χ2n) is 4.78. The molecule has 2 amide bonds. The third-order valence-electron chi connectivity index (χ3n) is 3.34. The Labute approximate surface area is 123 Å². The normalized spacial score (nSPS) is 14.1. The maximum atomic E-state index is 12.0. The number of benzene rings is 1. The molecule has 6 nitrogen and oxygen atoms in total. The Morgan fingerprint density at radius 1 is 1.38 bits per heavy atom. The van der Waals surface area contributed by atoms with Gasteiger partial charge in [0.1, 0.15) is 0 Å². The lowest BCUT2D eigenvalue weighted by molar-refractivity contribution is -0.140. The molecule has 0 unspecified atom stereocenters. The molecule has 1 aromatic rings. The number of nitrogens with zero attached hydrogens (tertiary/aromatic N) is 1. The molecule has 0 spiro atoms. The number of hydrogen-bond donors (Lipinski definition) is 1.